The molecule has 0 aliphatic heterocycles. The van der Waals surface area contributed by atoms with Gasteiger partial charge in [-0.15, -0.1) is 45.3 Å². The van der Waals surface area contributed by atoms with E-state index in [1.54, 1.807) is 20.5 Å². The summed E-state index contributed by atoms with van der Waals surface area (Å²) in [5.74, 6) is 0. The Morgan fingerprint density at radius 3 is 1.09 bits per heavy atom. The second kappa shape index (κ2) is 20.3. The first-order valence-electron chi connectivity index (χ1n) is 18.3. The van der Waals surface area contributed by atoms with Gasteiger partial charge in [0.1, 0.15) is 0 Å². The minimum absolute atomic E-state index is 1.24. The smallest absolute Gasteiger partial charge is 0.0491 e. The molecule has 4 rings (SSSR count). The van der Waals surface area contributed by atoms with Gasteiger partial charge in [-0.3, -0.25) is 0 Å². The summed E-state index contributed by atoms with van der Waals surface area (Å²) < 4.78 is 6.14. The summed E-state index contributed by atoms with van der Waals surface area (Å²) in [4.78, 5) is 5.94. The molecular formula is C40H60S4. The highest BCUT2D eigenvalue weighted by Crippen LogP contribution is 2.42. The fraction of sp³-hybridized carbons (Fsp3) is 0.650. The summed E-state index contributed by atoms with van der Waals surface area (Å²) in [6.45, 7) is 9.17. The molecule has 0 aromatic carbocycles. The lowest BCUT2D eigenvalue weighted by Gasteiger charge is -2.05. The minimum Gasteiger partial charge on any atom is -0.139 e. The van der Waals surface area contributed by atoms with E-state index in [0.717, 1.165) is 0 Å². The Labute approximate surface area is 286 Å². The summed E-state index contributed by atoms with van der Waals surface area (Å²) in [5.41, 5.74) is 3.26. The minimum atomic E-state index is 1.24. The Balaban J connectivity index is 1.32. The summed E-state index contributed by atoms with van der Waals surface area (Å²) >= 11 is 8.09. The van der Waals surface area contributed by atoms with Crippen LogP contribution in [0.4, 0.5) is 0 Å². The van der Waals surface area contributed by atoms with Crippen LogP contribution in [-0.2, 0) is 12.8 Å². The van der Waals surface area contributed by atoms with Gasteiger partial charge in [0.05, 0.1) is 0 Å². The molecule has 0 nitrogen and oxygen atoms in total. The van der Waals surface area contributed by atoms with Gasteiger partial charge in [0.2, 0.25) is 0 Å². The number of fused-ring (bicyclic) bond motifs is 2. The molecule has 0 atom stereocenters. The van der Waals surface area contributed by atoms with Crippen LogP contribution < -0.4 is 0 Å². The van der Waals surface area contributed by atoms with Crippen LogP contribution in [0.15, 0.2) is 12.1 Å². The maximum absolute atomic E-state index is 2.49. The lowest BCUT2D eigenvalue weighted by molar-refractivity contribution is 0.556. The molecule has 0 saturated carbocycles. The van der Waals surface area contributed by atoms with Crippen LogP contribution in [-0.4, -0.2) is 0 Å². The van der Waals surface area contributed by atoms with Crippen LogP contribution in [0.25, 0.3) is 31.0 Å². The lowest BCUT2D eigenvalue weighted by Crippen LogP contribution is -1.88. The molecular weight excluding hydrogens is 609 g/mol. The highest BCUT2D eigenvalue weighted by atomic mass is 32.1. The third-order valence-corrected chi connectivity index (χ3v) is 13.9. The van der Waals surface area contributed by atoms with E-state index >= 15 is 0 Å². The van der Waals surface area contributed by atoms with Gasteiger partial charge >= 0.3 is 0 Å². The van der Waals surface area contributed by atoms with Gasteiger partial charge in [-0.1, -0.05) is 129 Å². The Bertz CT molecular complexity index is 1270. The first kappa shape index (κ1) is 35.9. The van der Waals surface area contributed by atoms with Gasteiger partial charge in [0, 0.05) is 38.3 Å². The summed E-state index contributed by atoms with van der Waals surface area (Å²) in [6.07, 6.45) is 35.6. The van der Waals surface area contributed by atoms with E-state index < -0.39 is 0 Å². The van der Waals surface area contributed by atoms with E-state index in [1.165, 1.54) is 170 Å². The van der Waals surface area contributed by atoms with Crippen molar-refractivity contribution >= 4 is 76.3 Å². The van der Waals surface area contributed by atoms with Crippen molar-refractivity contribution in [3.05, 3.63) is 42.8 Å². The van der Waals surface area contributed by atoms with Gasteiger partial charge in [-0.25, -0.2) is 0 Å². The molecule has 44 heavy (non-hydrogen) atoms. The fourth-order valence-electron chi connectivity index (χ4n) is 6.61. The van der Waals surface area contributed by atoms with Crippen LogP contribution in [0.3, 0.4) is 0 Å². The van der Waals surface area contributed by atoms with E-state index in [1.807, 2.05) is 45.3 Å². The van der Waals surface area contributed by atoms with Crippen molar-refractivity contribution in [3.8, 4) is 0 Å². The molecule has 0 saturated heterocycles. The first-order valence-corrected chi connectivity index (χ1v) is 21.6. The summed E-state index contributed by atoms with van der Waals surface area (Å²) in [6, 6.07) is 4.84. The van der Waals surface area contributed by atoms with E-state index in [9.17, 15) is 0 Å². The molecule has 0 bridgehead atoms. The van der Waals surface area contributed by atoms with Crippen molar-refractivity contribution < 1.29 is 0 Å². The molecule has 0 aliphatic carbocycles. The number of thiophene rings is 4. The van der Waals surface area contributed by atoms with Crippen molar-refractivity contribution in [1.29, 1.82) is 0 Å². The number of unbranched alkanes of at least 4 members (excludes halogenated alkanes) is 18. The van der Waals surface area contributed by atoms with Crippen LogP contribution >= 0.6 is 45.3 Å². The van der Waals surface area contributed by atoms with Crippen molar-refractivity contribution in [2.45, 2.75) is 169 Å². The van der Waals surface area contributed by atoms with Crippen LogP contribution in [0.1, 0.15) is 173 Å². The fourth-order valence-corrected chi connectivity index (χ4v) is 11.7. The van der Waals surface area contributed by atoms with Gasteiger partial charge < -0.3 is 0 Å². The molecule has 0 spiro atoms. The maximum atomic E-state index is 2.49. The topological polar surface area (TPSA) is 0 Å². The molecule has 0 radical (unpaired) electrons. The third kappa shape index (κ3) is 11.4. The molecule has 0 aliphatic rings. The molecule has 0 amide bonds. The van der Waals surface area contributed by atoms with Crippen LogP contribution in [0, 0.1) is 13.8 Å². The van der Waals surface area contributed by atoms with Crippen molar-refractivity contribution in [1.82, 2.24) is 0 Å². The van der Waals surface area contributed by atoms with E-state index in [4.69, 9.17) is 0 Å². The molecule has 0 N–H and O–H groups in total. The standard InChI is InChI=1S/C40H60S4/c1-5-7-9-11-13-15-17-19-21-23-25-33-35(43-37-29-31(3)41-39(33)37)27-28-36-34(40-38(44-36)30-32(4)42-40)26-24-22-20-18-16-14-12-10-8-6-2/h27-30H,5-26H2,1-4H3/b28-27+. The second-order valence-corrected chi connectivity index (χ2v) is 17.9. The molecule has 0 fully saturated rings. The summed E-state index contributed by atoms with van der Waals surface area (Å²) in [5, 5.41) is 0. The van der Waals surface area contributed by atoms with Crippen molar-refractivity contribution in [3.63, 3.8) is 0 Å². The highest BCUT2D eigenvalue weighted by molar-refractivity contribution is 7.29. The lowest BCUT2D eigenvalue weighted by atomic mass is 10.0. The molecule has 4 heteroatoms. The average molecular weight is 669 g/mol. The van der Waals surface area contributed by atoms with Crippen molar-refractivity contribution in [2.24, 2.45) is 0 Å². The molecule has 244 valence electrons. The zero-order valence-corrected chi connectivity index (χ0v) is 31.8. The number of rotatable bonds is 24. The monoisotopic (exact) mass is 668 g/mol. The highest BCUT2D eigenvalue weighted by Gasteiger charge is 2.16. The van der Waals surface area contributed by atoms with E-state index in [0.29, 0.717) is 0 Å². The molecule has 4 heterocycles. The van der Waals surface area contributed by atoms with Gasteiger partial charge in [0.15, 0.2) is 0 Å². The Kier molecular flexibility index (Phi) is 16.6. The normalized spacial score (nSPS) is 12.2. The number of aryl methyl sites for hydroxylation is 4. The largest absolute Gasteiger partial charge is 0.139 e. The molecule has 0 unspecified atom stereocenters. The third-order valence-electron chi connectivity index (χ3n) is 9.17. The van der Waals surface area contributed by atoms with Gasteiger partial charge in [0.25, 0.3) is 0 Å². The van der Waals surface area contributed by atoms with Crippen LogP contribution in [0.2, 0.25) is 0 Å². The van der Waals surface area contributed by atoms with Gasteiger partial charge in [-0.2, -0.15) is 0 Å². The zero-order chi connectivity index (χ0) is 31.0. The Morgan fingerprint density at radius 1 is 0.432 bits per heavy atom. The second-order valence-electron chi connectivity index (χ2n) is 13.2. The number of hydrogen-bond acceptors (Lipinski definition) is 4. The summed E-state index contributed by atoms with van der Waals surface area (Å²) in [7, 11) is 0. The van der Waals surface area contributed by atoms with E-state index in [2.05, 4.69) is 52.0 Å². The Morgan fingerprint density at radius 2 is 0.750 bits per heavy atom. The maximum Gasteiger partial charge on any atom is 0.0491 e. The van der Waals surface area contributed by atoms with Gasteiger partial charge in [-0.05, 0) is 74.9 Å². The zero-order valence-electron chi connectivity index (χ0n) is 28.5. The SMILES string of the molecule is CCCCCCCCCCCCc1c(/C=C/c2sc3cc(C)sc3c2CCCCCCCCCCCC)sc2cc(C)sc12. The van der Waals surface area contributed by atoms with Crippen molar-refractivity contribution in [2.75, 3.05) is 0 Å². The Hall–Kier alpha value is -0.940. The quantitative estimate of drug-likeness (QED) is 0.0652. The number of hydrogen-bond donors (Lipinski definition) is 0. The van der Waals surface area contributed by atoms with E-state index in [-0.39, 0.29) is 0 Å². The molecule has 4 aromatic heterocycles. The van der Waals surface area contributed by atoms with Crippen LogP contribution in [0.5, 0.6) is 0 Å². The predicted octanol–water partition coefficient (Wildman–Crippen LogP) is 16.0. The molecule has 4 aromatic rings. The predicted molar refractivity (Wildman–Crippen MR) is 209 cm³/mol. The average Bonchev–Trinajstić information content (AvgIpc) is 3.73. The first-order chi connectivity index (χ1) is 21.6.